The second-order valence-corrected chi connectivity index (χ2v) is 7.53. The molecule has 6 nitrogen and oxygen atoms in total. The van der Waals surface area contributed by atoms with E-state index in [1.165, 1.54) is 10.7 Å². The molecule has 2 atom stereocenters. The van der Waals surface area contributed by atoms with Crippen LogP contribution in [-0.2, 0) is 7.05 Å². The van der Waals surface area contributed by atoms with Crippen LogP contribution in [0.15, 0.2) is 47.3 Å². The Kier molecular flexibility index (Phi) is 4.20. The summed E-state index contributed by atoms with van der Waals surface area (Å²) in [7, 11) is 1.66. The number of hydrogen-bond acceptors (Lipinski definition) is 4. The molecule has 1 aliphatic heterocycles. The molecule has 2 aromatic carbocycles. The molecular formula is C20H19F3N2O4. The van der Waals surface area contributed by atoms with Gasteiger partial charge >= 0.3 is 6.36 Å². The monoisotopic (exact) mass is 408 g/mol. The van der Waals surface area contributed by atoms with Gasteiger partial charge in [0.2, 0.25) is 0 Å². The summed E-state index contributed by atoms with van der Waals surface area (Å²) >= 11 is 0. The van der Waals surface area contributed by atoms with E-state index in [1.807, 2.05) is 0 Å². The van der Waals surface area contributed by atoms with E-state index >= 15 is 0 Å². The van der Waals surface area contributed by atoms with Crippen molar-refractivity contribution in [1.29, 1.82) is 0 Å². The van der Waals surface area contributed by atoms with E-state index < -0.39 is 29.9 Å². The van der Waals surface area contributed by atoms with E-state index in [-0.39, 0.29) is 16.9 Å². The highest BCUT2D eigenvalue weighted by Gasteiger charge is 2.46. The van der Waals surface area contributed by atoms with Crippen molar-refractivity contribution < 1.29 is 27.8 Å². The molecule has 1 aromatic heterocycles. The van der Waals surface area contributed by atoms with Gasteiger partial charge in [0.1, 0.15) is 29.2 Å². The normalized spacial score (nSPS) is 20.9. The van der Waals surface area contributed by atoms with Crippen molar-refractivity contribution in [3.05, 3.63) is 58.4 Å². The van der Waals surface area contributed by atoms with Gasteiger partial charge in [-0.2, -0.15) is 0 Å². The SMILES string of the molecule is Cn1c2ccccc2c(=O)n1C1c2cc(OC(F)(F)F)ccc2OC(C)(C)C1O. The van der Waals surface area contributed by atoms with Crippen molar-refractivity contribution >= 4 is 10.9 Å². The topological polar surface area (TPSA) is 65.6 Å². The average Bonchev–Trinajstić information content (AvgIpc) is 2.87. The summed E-state index contributed by atoms with van der Waals surface area (Å²) in [6.45, 7) is 3.31. The van der Waals surface area contributed by atoms with Gasteiger partial charge in [-0.1, -0.05) is 12.1 Å². The fourth-order valence-corrected chi connectivity index (χ4v) is 3.83. The summed E-state index contributed by atoms with van der Waals surface area (Å²) in [5.74, 6) is -0.180. The molecular weight excluding hydrogens is 389 g/mol. The van der Waals surface area contributed by atoms with Crippen LogP contribution in [0.3, 0.4) is 0 Å². The zero-order valence-corrected chi connectivity index (χ0v) is 15.9. The van der Waals surface area contributed by atoms with E-state index in [2.05, 4.69) is 4.74 Å². The van der Waals surface area contributed by atoms with Crippen LogP contribution in [0.5, 0.6) is 11.5 Å². The molecule has 0 radical (unpaired) electrons. The molecule has 3 aromatic rings. The minimum atomic E-state index is -4.87. The Morgan fingerprint density at radius 1 is 1.17 bits per heavy atom. The Hall–Kier alpha value is -2.94. The summed E-state index contributed by atoms with van der Waals surface area (Å²) in [5.41, 5.74) is -0.581. The lowest BCUT2D eigenvalue weighted by atomic mass is 9.86. The van der Waals surface area contributed by atoms with Gasteiger partial charge in [-0.25, -0.2) is 4.68 Å². The van der Waals surface area contributed by atoms with Gasteiger partial charge in [-0.3, -0.25) is 9.48 Å². The number of benzene rings is 2. The lowest BCUT2D eigenvalue weighted by molar-refractivity contribution is -0.274. The first-order chi connectivity index (χ1) is 13.5. The first-order valence-electron chi connectivity index (χ1n) is 8.92. The van der Waals surface area contributed by atoms with Crippen LogP contribution in [-0.4, -0.2) is 32.5 Å². The number of aliphatic hydroxyl groups excluding tert-OH is 1. The minimum Gasteiger partial charge on any atom is -0.485 e. The Bertz CT molecular complexity index is 1150. The molecule has 0 saturated heterocycles. The summed E-state index contributed by atoms with van der Waals surface area (Å²) in [6.07, 6.45) is -6.08. The maximum Gasteiger partial charge on any atom is 0.573 e. The molecule has 0 amide bonds. The Morgan fingerprint density at radius 2 is 1.86 bits per heavy atom. The van der Waals surface area contributed by atoms with E-state index in [1.54, 1.807) is 49.8 Å². The van der Waals surface area contributed by atoms with Crippen LogP contribution in [0.1, 0.15) is 25.5 Å². The zero-order valence-electron chi connectivity index (χ0n) is 15.9. The van der Waals surface area contributed by atoms with Gasteiger partial charge in [-0.05, 0) is 44.2 Å². The highest BCUT2D eigenvalue weighted by molar-refractivity contribution is 5.78. The number of fused-ring (bicyclic) bond motifs is 2. The molecule has 0 spiro atoms. The van der Waals surface area contributed by atoms with E-state index in [0.29, 0.717) is 10.9 Å². The van der Waals surface area contributed by atoms with Crippen LogP contribution in [0.25, 0.3) is 10.9 Å². The highest BCUT2D eigenvalue weighted by Crippen LogP contribution is 2.43. The van der Waals surface area contributed by atoms with Gasteiger partial charge < -0.3 is 14.6 Å². The quantitative estimate of drug-likeness (QED) is 0.706. The number of hydrogen-bond donors (Lipinski definition) is 1. The number of aromatic nitrogens is 2. The zero-order chi connectivity index (χ0) is 21.1. The maximum atomic E-state index is 13.1. The van der Waals surface area contributed by atoms with E-state index in [4.69, 9.17) is 4.74 Å². The number of rotatable bonds is 2. The van der Waals surface area contributed by atoms with E-state index in [9.17, 15) is 23.1 Å². The summed E-state index contributed by atoms with van der Waals surface area (Å²) in [4.78, 5) is 13.1. The molecule has 0 bridgehead atoms. The first-order valence-corrected chi connectivity index (χ1v) is 8.92. The molecule has 0 aliphatic carbocycles. The summed E-state index contributed by atoms with van der Waals surface area (Å²) in [6, 6.07) is 9.59. The third-order valence-electron chi connectivity index (χ3n) is 5.20. The lowest BCUT2D eigenvalue weighted by Crippen LogP contribution is -2.52. The van der Waals surface area contributed by atoms with Crippen LogP contribution in [0, 0.1) is 0 Å². The van der Waals surface area contributed by atoms with Crippen molar-refractivity contribution in [1.82, 2.24) is 9.36 Å². The Balaban J connectivity index is 1.96. The smallest absolute Gasteiger partial charge is 0.485 e. The third-order valence-corrected chi connectivity index (χ3v) is 5.20. The molecule has 0 saturated carbocycles. The molecule has 0 fully saturated rings. The van der Waals surface area contributed by atoms with Crippen molar-refractivity contribution in [3.63, 3.8) is 0 Å². The van der Waals surface area contributed by atoms with E-state index in [0.717, 1.165) is 12.1 Å². The van der Waals surface area contributed by atoms with Gasteiger partial charge in [0.25, 0.3) is 5.56 Å². The Labute approximate surface area is 163 Å². The average molecular weight is 408 g/mol. The predicted molar refractivity (Wildman–Crippen MR) is 99.2 cm³/mol. The molecule has 29 heavy (non-hydrogen) atoms. The second kappa shape index (κ2) is 6.28. The third kappa shape index (κ3) is 3.15. The molecule has 2 unspecified atom stereocenters. The van der Waals surface area contributed by atoms with Crippen molar-refractivity contribution in [2.75, 3.05) is 0 Å². The van der Waals surface area contributed by atoms with Gasteiger partial charge in [0, 0.05) is 12.6 Å². The van der Waals surface area contributed by atoms with Crippen molar-refractivity contribution in [2.45, 2.75) is 38.0 Å². The molecule has 154 valence electrons. The van der Waals surface area contributed by atoms with Crippen LogP contribution >= 0.6 is 0 Å². The molecule has 2 heterocycles. The first kappa shape index (κ1) is 19.4. The standard InChI is InChI=1S/C20H19F3N2O4/c1-19(2)17(26)16(25-18(27)12-6-4-5-7-14(12)24(25)3)13-10-11(28-20(21,22)23)8-9-15(13)29-19/h4-10,16-17,26H,1-3H3. The van der Waals surface area contributed by atoms with Gasteiger partial charge in [-0.15, -0.1) is 13.2 Å². The van der Waals surface area contributed by atoms with Gasteiger partial charge in [0.15, 0.2) is 0 Å². The second-order valence-electron chi connectivity index (χ2n) is 7.53. The number of para-hydroxylation sites is 1. The predicted octanol–water partition coefficient (Wildman–Crippen LogP) is 3.36. The number of nitrogens with zero attached hydrogens (tertiary/aromatic N) is 2. The van der Waals surface area contributed by atoms with Crippen molar-refractivity contribution in [3.8, 4) is 11.5 Å². The highest BCUT2D eigenvalue weighted by atomic mass is 19.4. The number of aryl methyl sites for hydroxylation is 1. The number of halogens is 3. The molecule has 9 heteroatoms. The summed E-state index contributed by atoms with van der Waals surface area (Å²) in [5, 5.41) is 11.5. The van der Waals surface area contributed by atoms with Crippen LogP contribution in [0.2, 0.25) is 0 Å². The summed E-state index contributed by atoms with van der Waals surface area (Å²) < 4.78 is 50.9. The molecule has 4 rings (SSSR count). The fourth-order valence-electron chi connectivity index (χ4n) is 3.83. The molecule has 1 N–H and O–H groups in total. The number of aliphatic hydroxyl groups is 1. The van der Waals surface area contributed by atoms with Gasteiger partial charge in [0.05, 0.1) is 10.9 Å². The number of ether oxygens (including phenoxy) is 2. The fraction of sp³-hybridized carbons (Fsp3) is 0.350. The lowest BCUT2D eigenvalue weighted by Gasteiger charge is -2.42. The largest absolute Gasteiger partial charge is 0.573 e. The molecule has 1 aliphatic rings. The maximum absolute atomic E-state index is 13.1. The van der Waals surface area contributed by atoms with Crippen molar-refractivity contribution in [2.24, 2.45) is 7.05 Å². The van der Waals surface area contributed by atoms with Crippen LogP contribution in [0.4, 0.5) is 13.2 Å². The Morgan fingerprint density at radius 3 is 2.52 bits per heavy atom. The minimum absolute atomic E-state index is 0.228. The van der Waals surface area contributed by atoms with Crippen LogP contribution < -0.4 is 15.0 Å². The number of alkyl halides is 3.